The molecule has 1 fully saturated rings. The Morgan fingerprint density at radius 2 is 1.53 bits per heavy atom. The summed E-state index contributed by atoms with van der Waals surface area (Å²) in [5, 5.41) is 0. The highest BCUT2D eigenvalue weighted by Crippen LogP contribution is 2.44. The first-order valence-electron chi connectivity index (χ1n) is 7.26. The number of ketones is 1. The molecule has 0 unspecified atom stereocenters. The van der Waals surface area contributed by atoms with E-state index < -0.39 is 0 Å². The summed E-state index contributed by atoms with van der Waals surface area (Å²) >= 11 is 0. The molecular weight excluding hydrogens is 208 g/mol. The van der Waals surface area contributed by atoms with Crippen LogP contribution in [0.2, 0.25) is 0 Å². The summed E-state index contributed by atoms with van der Waals surface area (Å²) in [5.74, 6) is 1.92. The van der Waals surface area contributed by atoms with E-state index in [1.807, 2.05) is 0 Å². The number of rotatable bonds is 4. The van der Waals surface area contributed by atoms with Crippen molar-refractivity contribution in [2.24, 2.45) is 22.7 Å². The van der Waals surface area contributed by atoms with Gasteiger partial charge in [-0.05, 0) is 31.1 Å². The van der Waals surface area contributed by atoms with E-state index in [-0.39, 0.29) is 10.8 Å². The molecule has 0 aliphatic heterocycles. The topological polar surface area (TPSA) is 17.1 Å². The van der Waals surface area contributed by atoms with Crippen molar-refractivity contribution >= 4 is 5.78 Å². The summed E-state index contributed by atoms with van der Waals surface area (Å²) in [6.07, 6.45) is 6.01. The quantitative estimate of drug-likeness (QED) is 0.684. The Balaban J connectivity index is 2.77. The van der Waals surface area contributed by atoms with Crippen LogP contribution in [0.5, 0.6) is 0 Å². The molecule has 17 heavy (non-hydrogen) atoms. The normalized spacial score (nSPS) is 26.9. The summed E-state index contributed by atoms with van der Waals surface area (Å²) in [6.45, 7) is 13.0. The number of hydrogen-bond acceptors (Lipinski definition) is 1. The molecule has 1 aliphatic carbocycles. The maximum absolute atomic E-state index is 12.7. The molecule has 0 atom stereocenters. The van der Waals surface area contributed by atoms with Gasteiger partial charge in [-0.2, -0.15) is 0 Å². The fourth-order valence-corrected chi connectivity index (χ4v) is 3.20. The molecule has 0 saturated heterocycles. The van der Waals surface area contributed by atoms with E-state index in [1.54, 1.807) is 0 Å². The number of hydrogen-bond donors (Lipinski definition) is 0. The lowest BCUT2D eigenvalue weighted by Gasteiger charge is -2.41. The van der Waals surface area contributed by atoms with Crippen molar-refractivity contribution in [3.05, 3.63) is 0 Å². The van der Waals surface area contributed by atoms with E-state index >= 15 is 0 Å². The molecule has 1 aliphatic rings. The Morgan fingerprint density at radius 3 is 1.94 bits per heavy atom. The fourth-order valence-electron chi connectivity index (χ4n) is 3.20. The molecule has 0 aromatic carbocycles. The minimum Gasteiger partial charge on any atom is -0.298 e. The second kappa shape index (κ2) is 5.12. The zero-order chi connectivity index (χ0) is 13.3. The smallest absolute Gasteiger partial charge is 0.144 e. The highest BCUT2D eigenvalue weighted by molar-refractivity contribution is 5.89. The van der Waals surface area contributed by atoms with Gasteiger partial charge in [0, 0.05) is 10.8 Å². The van der Waals surface area contributed by atoms with Gasteiger partial charge in [-0.25, -0.2) is 0 Å². The second-order valence-corrected chi connectivity index (χ2v) is 7.25. The molecule has 1 saturated carbocycles. The van der Waals surface area contributed by atoms with Gasteiger partial charge in [0.15, 0.2) is 0 Å². The van der Waals surface area contributed by atoms with Gasteiger partial charge in [-0.15, -0.1) is 0 Å². The zero-order valence-electron chi connectivity index (χ0n) is 12.6. The predicted octanol–water partition coefficient (Wildman–Crippen LogP) is 4.84. The maximum Gasteiger partial charge on any atom is 0.144 e. The first-order valence-corrected chi connectivity index (χ1v) is 7.26. The van der Waals surface area contributed by atoms with Crippen LogP contribution in [0.25, 0.3) is 0 Å². The largest absolute Gasteiger partial charge is 0.298 e. The molecule has 0 aromatic rings. The Hall–Kier alpha value is -0.330. The Morgan fingerprint density at radius 1 is 1.06 bits per heavy atom. The van der Waals surface area contributed by atoms with Crippen molar-refractivity contribution in [2.45, 2.75) is 73.6 Å². The van der Waals surface area contributed by atoms with E-state index in [0.29, 0.717) is 11.7 Å². The summed E-state index contributed by atoms with van der Waals surface area (Å²) in [6, 6.07) is 0. The highest BCUT2D eigenvalue weighted by atomic mass is 16.1. The Kier molecular flexibility index (Phi) is 4.43. The third-order valence-corrected chi connectivity index (χ3v) is 5.12. The van der Waals surface area contributed by atoms with Crippen LogP contribution in [0, 0.1) is 22.7 Å². The molecular formula is C16H30O. The van der Waals surface area contributed by atoms with E-state index in [2.05, 4.69) is 41.5 Å². The minimum absolute atomic E-state index is 0.139. The summed E-state index contributed by atoms with van der Waals surface area (Å²) in [5.41, 5.74) is -0.299. The van der Waals surface area contributed by atoms with E-state index in [1.165, 1.54) is 25.7 Å². The maximum atomic E-state index is 12.7. The summed E-state index contributed by atoms with van der Waals surface area (Å²) < 4.78 is 0. The molecule has 100 valence electrons. The molecule has 1 heteroatoms. The van der Waals surface area contributed by atoms with Crippen LogP contribution in [0.4, 0.5) is 0 Å². The Bertz CT molecular complexity index is 267. The molecule has 1 rings (SSSR count). The van der Waals surface area contributed by atoms with Crippen molar-refractivity contribution in [3.63, 3.8) is 0 Å². The molecule has 0 heterocycles. The summed E-state index contributed by atoms with van der Waals surface area (Å²) in [7, 11) is 0. The van der Waals surface area contributed by atoms with Gasteiger partial charge < -0.3 is 0 Å². The molecule has 1 nitrogen and oxygen atoms in total. The standard InChI is InChI=1S/C16H30O/c1-7-15(3,4)14(17)16(5,6)13-10-8-12(2)9-11-13/h12-13H,7-11H2,1-6H3. The van der Waals surface area contributed by atoms with Crippen molar-refractivity contribution in [1.29, 1.82) is 0 Å². The van der Waals surface area contributed by atoms with Gasteiger partial charge in [-0.3, -0.25) is 4.79 Å². The predicted molar refractivity (Wildman–Crippen MR) is 74.0 cm³/mol. The van der Waals surface area contributed by atoms with Gasteiger partial charge in [-0.1, -0.05) is 54.4 Å². The van der Waals surface area contributed by atoms with Crippen molar-refractivity contribution in [1.82, 2.24) is 0 Å². The van der Waals surface area contributed by atoms with Crippen molar-refractivity contribution < 1.29 is 4.79 Å². The molecule has 0 N–H and O–H groups in total. The van der Waals surface area contributed by atoms with E-state index in [0.717, 1.165) is 12.3 Å². The zero-order valence-corrected chi connectivity index (χ0v) is 12.6. The van der Waals surface area contributed by atoms with Gasteiger partial charge in [0.05, 0.1) is 0 Å². The third-order valence-electron chi connectivity index (χ3n) is 5.12. The first-order chi connectivity index (χ1) is 7.71. The lowest BCUT2D eigenvalue weighted by molar-refractivity contribution is -0.139. The van der Waals surface area contributed by atoms with Gasteiger partial charge in [0.1, 0.15) is 5.78 Å². The Labute approximate surface area is 107 Å². The van der Waals surface area contributed by atoms with Gasteiger partial charge >= 0.3 is 0 Å². The van der Waals surface area contributed by atoms with Crippen LogP contribution >= 0.6 is 0 Å². The minimum atomic E-state index is -0.160. The van der Waals surface area contributed by atoms with Crippen molar-refractivity contribution in [2.75, 3.05) is 0 Å². The van der Waals surface area contributed by atoms with Gasteiger partial charge in [0.25, 0.3) is 0 Å². The summed E-state index contributed by atoms with van der Waals surface area (Å²) in [4.78, 5) is 12.7. The van der Waals surface area contributed by atoms with Gasteiger partial charge in [0.2, 0.25) is 0 Å². The molecule has 0 aromatic heterocycles. The SMILES string of the molecule is CCC(C)(C)C(=O)C(C)(C)C1CCC(C)CC1. The van der Waals surface area contributed by atoms with Crippen LogP contribution in [-0.2, 0) is 4.79 Å². The first kappa shape index (κ1) is 14.7. The van der Waals surface area contributed by atoms with Crippen molar-refractivity contribution in [3.8, 4) is 0 Å². The molecule has 0 spiro atoms. The average molecular weight is 238 g/mol. The van der Waals surface area contributed by atoms with E-state index in [4.69, 9.17) is 0 Å². The highest BCUT2D eigenvalue weighted by Gasteiger charge is 2.43. The molecule has 0 amide bonds. The second-order valence-electron chi connectivity index (χ2n) is 7.25. The van der Waals surface area contributed by atoms with E-state index in [9.17, 15) is 4.79 Å². The van der Waals surface area contributed by atoms with Crippen LogP contribution in [-0.4, -0.2) is 5.78 Å². The van der Waals surface area contributed by atoms with Crippen LogP contribution in [0.15, 0.2) is 0 Å². The fraction of sp³-hybridized carbons (Fsp3) is 0.938. The lowest BCUT2D eigenvalue weighted by Crippen LogP contribution is -2.42. The van der Waals surface area contributed by atoms with Crippen LogP contribution in [0.3, 0.4) is 0 Å². The average Bonchev–Trinajstić information content (AvgIpc) is 2.28. The van der Waals surface area contributed by atoms with Crippen LogP contribution < -0.4 is 0 Å². The number of carbonyl (C=O) groups excluding carboxylic acids is 1. The van der Waals surface area contributed by atoms with Crippen LogP contribution in [0.1, 0.15) is 73.6 Å². The molecule has 0 radical (unpaired) electrons. The lowest BCUT2D eigenvalue weighted by atomic mass is 9.62. The monoisotopic (exact) mass is 238 g/mol. The third kappa shape index (κ3) is 3.11. The number of carbonyl (C=O) groups is 1. The molecule has 0 bridgehead atoms. The number of Topliss-reactive ketones (excluding diaryl/α,β-unsaturated/α-hetero) is 1.